The van der Waals surface area contributed by atoms with Gasteiger partial charge in [0.05, 0.1) is 23.1 Å². The Morgan fingerprint density at radius 3 is 2.64 bits per heavy atom. The molecule has 8 nitrogen and oxygen atoms in total. The van der Waals surface area contributed by atoms with Crippen LogP contribution in [0.4, 0.5) is 5.69 Å². The highest BCUT2D eigenvalue weighted by Crippen LogP contribution is 2.28. The predicted molar refractivity (Wildman–Crippen MR) is 107 cm³/mol. The Bertz CT molecular complexity index is 997. The number of fused-ring (bicyclic) bond motifs is 1. The van der Waals surface area contributed by atoms with Gasteiger partial charge in [0.1, 0.15) is 5.82 Å². The van der Waals surface area contributed by atoms with Gasteiger partial charge in [-0.1, -0.05) is 6.07 Å². The smallest absolute Gasteiger partial charge is 0.241 e. The third-order valence-electron chi connectivity index (χ3n) is 5.92. The molecular weight excluding hydrogens is 354 g/mol. The highest BCUT2D eigenvalue weighted by molar-refractivity contribution is 5.95. The van der Waals surface area contributed by atoms with Crippen LogP contribution < -0.4 is 5.32 Å². The summed E-state index contributed by atoms with van der Waals surface area (Å²) in [6.45, 7) is 7.59. The summed E-state index contributed by atoms with van der Waals surface area (Å²) in [6, 6.07) is 5.77. The first-order valence-corrected chi connectivity index (χ1v) is 9.80. The highest BCUT2D eigenvalue weighted by Gasteiger charge is 2.30. The average Bonchev–Trinajstić information content (AvgIpc) is 3.24. The number of hydrogen-bond acceptors (Lipinski definition) is 5. The molecule has 1 atom stereocenters. The molecule has 0 radical (unpaired) electrons. The van der Waals surface area contributed by atoms with Crippen LogP contribution in [0.25, 0.3) is 5.65 Å². The van der Waals surface area contributed by atoms with Crippen LogP contribution in [0.1, 0.15) is 42.9 Å². The number of rotatable bonds is 4. The van der Waals surface area contributed by atoms with Gasteiger partial charge in [-0.2, -0.15) is 5.10 Å². The summed E-state index contributed by atoms with van der Waals surface area (Å²) in [5.41, 5.74) is 3.52. The maximum absolute atomic E-state index is 12.8. The Morgan fingerprint density at radius 2 is 1.96 bits per heavy atom. The minimum Gasteiger partial charge on any atom is -0.322 e. The molecule has 0 spiro atoms. The van der Waals surface area contributed by atoms with Gasteiger partial charge in [0.2, 0.25) is 5.91 Å². The first-order valence-electron chi connectivity index (χ1n) is 9.80. The second kappa shape index (κ2) is 7.35. The molecule has 28 heavy (non-hydrogen) atoms. The Morgan fingerprint density at radius 1 is 1.21 bits per heavy atom. The molecule has 1 unspecified atom stereocenters. The lowest BCUT2D eigenvalue weighted by Gasteiger charge is -2.34. The zero-order chi connectivity index (χ0) is 19.8. The van der Waals surface area contributed by atoms with Crippen molar-refractivity contribution in [3.05, 3.63) is 41.6 Å². The average molecular weight is 381 g/mol. The molecular formula is C20H27N7O. The van der Waals surface area contributed by atoms with Crippen LogP contribution in [0.15, 0.2) is 24.4 Å². The number of anilines is 1. The standard InChI is InChI=1S/C20H27N7O/c1-13-18(14(2)25(4)24-13)21-20(28)15(3)26-11-8-16(9-12-26)19-23-22-17-7-5-6-10-27(17)19/h5-7,10,15-16H,8-9,11-12H2,1-4H3,(H,21,28). The normalized spacial score (nSPS) is 17.1. The summed E-state index contributed by atoms with van der Waals surface area (Å²) >= 11 is 0. The molecule has 1 amide bonds. The van der Waals surface area contributed by atoms with Gasteiger partial charge in [-0.25, -0.2) is 0 Å². The Labute approximate surface area is 164 Å². The van der Waals surface area contributed by atoms with E-state index in [9.17, 15) is 4.79 Å². The number of amides is 1. The van der Waals surface area contributed by atoms with Crippen molar-refractivity contribution in [2.75, 3.05) is 18.4 Å². The van der Waals surface area contributed by atoms with Crippen LogP contribution in [-0.4, -0.2) is 54.3 Å². The van der Waals surface area contributed by atoms with Crippen molar-refractivity contribution in [3.63, 3.8) is 0 Å². The van der Waals surface area contributed by atoms with Gasteiger partial charge >= 0.3 is 0 Å². The summed E-state index contributed by atoms with van der Waals surface area (Å²) in [6.07, 6.45) is 3.96. The molecule has 0 saturated carbocycles. The van der Waals surface area contributed by atoms with Gasteiger partial charge < -0.3 is 5.32 Å². The lowest BCUT2D eigenvalue weighted by Crippen LogP contribution is -2.46. The van der Waals surface area contributed by atoms with Gasteiger partial charge in [-0.15, -0.1) is 10.2 Å². The summed E-state index contributed by atoms with van der Waals surface area (Å²) in [5.74, 6) is 1.41. The molecule has 1 saturated heterocycles. The minimum absolute atomic E-state index is 0.0191. The Kier molecular flexibility index (Phi) is 4.89. The van der Waals surface area contributed by atoms with E-state index >= 15 is 0 Å². The zero-order valence-electron chi connectivity index (χ0n) is 16.9. The lowest BCUT2D eigenvalue weighted by molar-refractivity contribution is -0.121. The van der Waals surface area contributed by atoms with Crippen LogP contribution in [0, 0.1) is 13.8 Å². The van der Waals surface area contributed by atoms with Crippen molar-refractivity contribution < 1.29 is 4.79 Å². The quantitative estimate of drug-likeness (QED) is 0.750. The number of carbonyl (C=O) groups is 1. The summed E-state index contributed by atoms with van der Waals surface area (Å²) < 4.78 is 3.87. The van der Waals surface area contributed by atoms with E-state index in [1.165, 1.54) is 0 Å². The number of aromatic nitrogens is 5. The van der Waals surface area contributed by atoms with E-state index in [0.29, 0.717) is 5.92 Å². The van der Waals surface area contributed by atoms with Gasteiger partial charge in [-0.3, -0.25) is 18.8 Å². The molecule has 0 aromatic carbocycles. The minimum atomic E-state index is -0.185. The topological polar surface area (TPSA) is 80.3 Å². The summed E-state index contributed by atoms with van der Waals surface area (Å²) in [4.78, 5) is 15.0. The highest BCUT2D eigenvalue weighted by atomic mass is 16.2. The fraction of sp³-hybridized carbons (Fsp3) is 0.500. The van der Waals surface area contributed by atoms with E-state index in [0.717, 1.165) is 54.5 Å². The molecule has 0 aliphatic carbocycles. The van der Waals surface area contributed by atoms with Crippen LogP contribution in [0.5, 0.6) is 0 Å². The molecule has 1 fully saturated rings. The van der Waals surface area contributed by atoms with Gasteiger partial charge in [-0.05, 0) is 58.8 Å². The van der Waals surface area contributed by atoms with E-state index in [2.05, 4.69) is 29.9 Å². The largest absolute Gasteiger partial charge is 0.322 e. The van der Waals surface area contributed by atoms with E-state index in [4.69, 9.17) is 0 Å². The number of nitrogens with one attached hydrogen (secondary N) is 1. The monoisotopic (exact) mass is 381 g/mol. The molecule has 1 N–H and O–H groups in total. The van der Waals surface area contributed by atoms with Gasteiger partial charge in [0.25, 0.3) is 0 Å². The Hall–Kier alpha value is -2.74. The van der Waals surface area contributed by atoms with Crippen molar-refractivity contribution in [1.29, 1.82) is 0 Å². The molecule has 3 aromatic heterocycles. The third-order valence-corrected chi connectivity index (χ3v) is 5.92. The van der Waals surface area contributed by atoms with E-state index < -0.39 is 0 Å². The molecule has 4 rings (SSSR count). The van der Waals surface area contributed by atoms with Gasteiger partial charge in [0, 0.05) is 19.2 Å². The van der Waals surface area contributed by atoms with Crippen LogP contribution in [0.3, 0.4) is 0 Å². The number of piperidine rings is 1. The lowest BCUT2D eigenvalue weighted by atomic mass is 9.95. The number of aryl methyl sites for hydroxylation is 2. The summed E-state index contributed by atoms with van der Waals surface area (Å²) in [7, 11) is 1.89. The van der Waals surface area contributed by atoms with Crippen molar-refractivity contribution in [2.24, 2.45) is 7.05 Å². The third kappa shape index (κ3) is 3.28. The van der Waals surface area contributed by atoms with Crippen molar-refractivity contribution in [1.82, 2.24) is 29.3 Å². The van der Waals surface area contributed by atoms with Crippen molar-refractivity contribution in [3.8, 4) is 0 Å². The zero-order valence-corrected chi connectivity index (χ0v) is 16.9. The SMILES string of the molecule is Cc1nn(C)c(C)c1NC(=O)C(C)N1CCC(c2nnc3ccccn23)CC1. The van der Waals surface area contributed by atoms with E-state index in [1.807, 2.05) is 52.2 Å². The maximum atomic E-state index is 12.8. The first-order chi connectivity index (χ1) is 13.5. The van der Waals surface area contributed by atoms with Crippen molar-refractivity contribution >= 4 is 17.2 Å². The molecule has 4 heterocycles. The van der Waals surface area contributed by atoms with E-state index in [-0.39, 0.29) is 11.9 Å². The number of carbonyl (C=O) groups excluding carboxylic acids is 1. The number of pyridine rings is 1. The van der Waals surface area contributed by atoms with Crippen LogP contribution in [0.2, 0.25) is 0 Å². The number of nitrogens with zero attached hydrogens (tertiary/aromatic N) is 6. The van der Waals surface area contributed by atoms with Crippen LogP contribution >= 0.6 is 0 Å². The molecule has 1 aliphatic rings. The fourth-order valence-corrected chi connectivity index (χ4v) is 4.03. The molecule has 1 aliphatic heterocycles. The van der Waals surface area contributed by atoms with Crippen LogP contribution in [-0.2, 0) is 11.8 Å². The Balaban J connectivity index is 1.39. The second-order valence-electron chi connectivity index (χ2n) is 7.63. The molecule has 0 bridgehead atoms. The molecule has 148 valence electrons. The fourth-order valence-electron chi connectivity index (χ4n) is 4.03. The predicted octanol–water partition coefficient (Wildman–Crippen LogP) is 2.29. The second-order valence-corrected chi connectivity index (χ2v) is 7.63. The summed E-state index contributed by atoms with van der Waals surface area (Å²) in [5, 5.41) is 16.1. The van der Waals surface area contributed by atoms with E-state index in [1.54, 1.807) is 4.68 Å². The first kappa shape index (κ1) is 18.6. The van der Waals surface area contributed by atoms with Crippen molar-refractivity contribution in [2.45, 2.75) is 45.6 Å². The molecule has 3 aromatic rings. The molecule has 8 heteroatoms. The number of hydrogen-bond donors (Lipinski definition) is 1. The van der Waals surface area contributed by atoms with Gasteiger partial charge in [0.15, 0.2) is 5.65 Å². The number of likely N-dealkylation sites (tertiary alicyclic amines) is 1. The maximum Gasteiger partial charge on any atom is 0.241 e.